The first-order valence-electron chi connectivity index (χ1n) is 3.51. The second-order valence-corrected chi connectivity index (χ2v) is 3.19. The minimum absolute atomic E-state index is 0.0862. The standard InChI is InChI=1S/C6H9O6P/c7-5(8)2-1-3-6(9)12-4-13(10)11/h1-4H2,(H-,7,8,10,11). The fraction of sp³-hybridized carbons (Fsp3) is 0.667. The first-order valence-corrected chi connectivity index (χ1v) is 4.91. The summed E-state index contributed by atoms with van der Waals surface area (Å²) in [6, 6.07) is 0. The minimum atomic E-state index is -2.48. The van der Waals surface area contributed by atoms with E-state index < -0.39 is 26.3 Å². The summed E-state index contributed by atoms with van der Waals surface area (Å²) in [5.41, 5.74) is 0. The van der Waals surface area contributed by atoms with Crippen molar-refractivity contribution in [2.75, 3.05) is 6.35 Å². The van der Waals surface area contributed by atoms with Crippen LogP contribution in [0.5, 0.6) is 0 Å². The van der Waals surface area contributed by atoms with Gasteiger partial charge in [0, 0.05) is 12.4 Å². The molecule has 0 aliphatic carbocycles. The van der Waals surface area contributed by atoms with E-state index in [2.05, 4.69) is 4.74 Å². The maximum absolute atomic E-state index is 10.7. The molecule has 0 rings (SSSR count). The number of esters is 1. The van der Waals surface area contributed by atoms with Crippen molar-refractivity contribution in [2.45, 2.75) is 19.3 Å². The fourth-order valence-electron chi connectivity index (χ4n) is 0.576. The van der Waals surface area contributed by atoms with E-state index in [4.69, 9.17) is 4.89 Å². The molecule has 1 unspecified atom stereocenters. The van der Waals surface area contributed by atoms with Crippen LogP contribution in [0.4, 0.5) is 0 Å². The van der Waals surface area contributed by atoms with E-state index in [1.807, 2.05) is 0 Å². The first-order chi connectivity index (χ1) is 6.02. The first kappa shape index (κ1) is 12.0. The summed E-state index contributed by atoms with van der Waals surface area (Å²) in [7, 11) is -2.48. The number of ether oxygens (including phenoxy) is 1. The van der Waals surface area contributed by atoms with Crippen molar-refractivity contribution in [3.05, 3.63) is 0 Å². The Morgan fingerprint density at radius 2 is 2.00 bits per heavy atom. The molecule has 13 heavy (non-hydrogen) atoms. The monoisotopic (exact) mass is 208 g/mol. The van der Waals surface area contributed by atoms with E-state index >= 15 is 0 Å². The molecule has 0 saturated carbocycles. The largest absolute Gasteiger partial charge is 0.550 e. The molecule has 0 heterocycles. The highest BCUT2D eigenvalue weighted by molar-refractivity contribution is 7.37. The average Bonchev–Trinajstić information content (AvgIpc) is 2.00. The van der Waals surface area contributed by atoms with Crippen molar-refractivity contribution >= 4 is 20.0 Å². The van der Waals surface area contributed by atoms with E-state index in [-0.39, 0.29) is 19.3 Å². The van der Waals surface area contributed by atoms with Crippen LogP contribution in [0.25, 0.3) is 0 Å². The maximum atomic E-state index is 10.7. The molecule has 0 aliphatic heterocycles. The number of carbonyl (C=O) groups excluding carboxylic acids is 2. The Morgan fingerprint density at radius 3 is 2.46 bits per heavy atom. The molecule has 0 radical (unpaired) electrons. The van der Waals surface area contributed by atoms with Gasteiger partial charge in [0.25, 0.3) is 0 Å². The van der Waals surface area contributed by atoms with Gasteiger partial charge in [-0.2, -0.15) is 4.89 Å². The Labute approximate surface area is 75.4 Å². The summed E-state index contributed by atoms with van der Waals surface area (Å²) in [4.78, 5) is 28.8. The zero-order valence-electron chi connectivity index (χ0n) is 6.76. The number of aliphatic carboxylic acids is 1. The summed E-state index contributed by atoms with van der Waals surface area (Å²) in [5.74, 6) is -1.92. The van der Waals surface area contributed by atoms with E-state index in [0.29, 0.717) is 0 Å². The lowest BCUT2D eigenvalue weighted by Gasteiger charge is -1.99. The molecular formula is C6H9O6P. The lowest BCUT2D eigenvalue weighted by molar-refractivity contribution is -0.305. The molecule has 0 bridgehead atoms. The number of carboxylic acids is 1. The van der Waals surface area contributed by atoms with Crippen LogP contribution in [0, 0.1) is 0 Å². The number of hydrogen-bond donors (Lipinski definition) is 1. The van der Waals surface area contributed by atoms with Gasteiger partial charge < -0.3 is 14.6 Å². The van der Waals surface area contributed by atoms with Crippen LogP contribution in [0.2, 0.25) is 0 Å². The molecule has 74 valence electrons. The van der Waals surface area contributed by atoms with Crippen molar-refractivity contribution in [1.29, 1.82) is 0 Å². The number of carbonyl (C=O) groups is 2. The van der Waals surface area contributed by atoms with E-state index in [1.54, 1.807) is 0 Å². The fourth-order valence-corrected chi connectivity index (χ4v) is 0.831. The third kappa shape index (κ3) is 8.91. The SMILES string of the molecule is O=C([O-])CCCC(=O)OC[P+](=O)O. The molecule has 1 N–H and O–H groups in total. The molecule has 0 fully saturated rings. The molecule has 0 aromatic heterocycles. The van der Waals surface area contributed by atoms with Gasteiger partial charge >= 0.3 is 20.3 Å². The minimum Gasteiger partial charge on any atom is -0.550 e. The van der Waals surface area contributed by atoms with Crippen LogP contribution in [0.1, 0.15) is 19.3 Å². The molecule has 0 aromatic carbocycles. The molecule has 7 heteroatoms. The van der Waals surface area contributed by atoms with Crippen LogP contribution in [0.15, 0.2) is 0 Å². The van der Waals surface area contributed by atoms with Gasteiger partial charge in [0.15, 0.2) is 0 Å². The predicted molar refractivity (Wildman–Crippen MR) is 39.6 cm³/mol. The predicted octanol–water partition coefficient (Wildman–Crippen LogP) is -0.858. The normalized spacial score (nSPS) is 10.7. The Hall–Kier alpha value is -1.00. The summed E-state index contributed by atoms with van der Waals surface area (Å²) < 4.78 is 14.4. The molecule has 0 aliphatic rings. The van der Waals surface area contributed by atoms with Gasteiger partial charge in [0.1, 0.15) is 0 Å². The Morgan fingerprint density at radius 1 is 1.38 bits per heavy atom. The highest BCUT2D eigenvalue weighted by atomic mass is 31.1. The van der Waals surface area contributed by atoms with Gasteiger partial charge in [-0.15, -0.1) is 0 Å². The molecule has 1 atom stereocenters. The maximum Gasteiger partial charge on any atom is 0.547 e. The molecule has 6 nitrogen and oxygen atoms in total. The molecule has 0 spiro atoms. The van der Waals surface area contributed by atoms with Crippen LogP contribution >= 0.6 is 8.03 Å². The number of rotatable bonds is 6. The van der Waals surface area contributed by atoms with Gasteiger partial charge in [-0.05, 0) is 17.4 Å². The van der Waals surface area contributed by atoms with Crippen molar-refractivity contribution < 1.29 is 28.9 Å². The Bertz CT molecular complexity index is 213. The van der Waals surface area contributed by atoms with Crippen molar-refractivity contribution in [2.24, 2.45) is 0 Å². The van der Waals surface area contributed by atoms with E-state index in [1.165, 1.54) is 0 Å². The van der Waals surface area contributed by atoms with Crippen LogP contribution in [-0.2, 0) is 18.9 Å². The summed E-state index contributed by atoms with van der Waals surface area (Å²) in [6.45, 7) is 0. The molecule has 0 saturated heterocycles. The van der Waals surface area contributed by atoms with E-state index in [9.17, 15) is 19.3 Å². The summed E-state index contributed by atoms with van der Waals surface area (Å²) in [6.07, 6.45) is -0.736. The molecule has 0 aromatic rings. The van der Waals surface area contributed by atoms with Crippen LogP contribution < -0.4 is 5.11 Å². The zero-order valence-corrected chi connectivity index (χ0v) is 7.66. The number of hydrogen-bond acceptors (Lipinski definition) is 5. The third-order valence-electron chi connectivity index (χ3n) is 1.10. The van der Waals surface area contributed by atoms with E-state index in [0.717, 1.165) is 0 Å². The second kappa shape index (κ2) is 6.51. The topological polar surface area (TPSA) is 104 Å². The average molecular weight is 208 g/mol. The van der Waals surface area contributed by atoms with Crippen LogP contribution in [0.3, 0.4) is 0 Å². The molecule has 0 amide bonds. The highest BCUT2D eigenvalue weighted by Gasteiger charge is 2.13. The molecular weight excluding hydrogens is 199 g/mol. The summed E-state index contributed by atoms with van der Waals surface area (Å²) in [5, 5.41) is 9.90. The van der Waals surface area contributed by atoms with Gasteiger partial charge in [0.05, 0.1) is 0 Å². The zero-order chi connectivity index (χ0) is 10.3. The van der Waals surface area contributed by atoms with Gasteiger partial charge in [-0.1, -0.05) is 0 Å². The Kier molecular flexibility index (Phi) is 6.01. The van der Waals surface area contributed by atoms with Gasteiger partial charge in [-0.25, -0.2) is 0 Å². The number of carboxylic acid groups (broad SMARTS) is 1. The van der Waals surface area contributed by atoms with Crippen molar-refractivity contribution in [3.8, 4) is 0 Å². The lowest BCUT2D eigenvalue weighted by atomic mass is 10.2. The third-order valence-corrected chi connectivity index (χ3v) is 1.45. The smallest absolute Gasteiger partial charge is 0.547 e. The van der Waals surface area contributed by atoms with Gasteiger partial charge in [-0.3, -0.25) is 4.79 Å². The highest BCUT2D eigenvalue weighted by Crippen LogP contribution is 2.12. The van der Waals surface area contributed by atoms with Gasteiger partial charge in [0.2, 0.25) is 0 Å². The quantitative estimate of drug-likeness (QED) is 0.450. The van der Waals surface area contributed by atoms with Crippen molar-refractivity contribution in [1.82, 2.24) is 0 Å². The van der Waals surface area contributed by atoms with Crippen molar-refractivity contribution in [3.63, 3.8) is 0 Å². The lowest BCUT2D eigenvalue weighted by Crippen LogP contribution is -2.21. The van der Waals surface area contributed by atoms with Crippen LogP contribution in [-0.4, -0.2) is 23.2 Å². The second-order valence-electron chi connectivity index (χ2n) is 2.22. The Balaban J connectivity index is 3.41. The summed E-state index contributed by atoms with van der Waals surface area (Å²) >= 11 is 0.